The summed E-state index contributed by atoms with van der Waals surface area (Å²) >= 11 is 4.55. The van der Waals surface area contributed by atoms with Crippen molar-refractivity contribution in [3.63, 3.8) is 0 Å². The van der Waals surface area contributed by atoms with Gasteiger partial charge in [0.2, 0.25) is 0 Å². The average molecular weight is 339 g/mol. The number of carbonyl (C=O) groups excluding carboxylic acids is 2. The molecule has 1 rings (SSSR count). The van der Waals surface area contributed by atoms with Crippen molar-refractivity contribution in [1.29, 1.82) is 0 Å². The molecule has 1 amide bonds. The number of hydrogen-bond donors (Lipinski definition) is 3. The zero-order valence-electron chi connectivity index (χ0n) is 12.9. The Morgan fingerprint density at radius 1 is 1.30 bits per heavy atom. The van der Waals surface area contributed by atoms with Gasteiger partial charge in [-0.1, -0.05) is 50.1 Å². The number of unbranched alkanes of at least 4 members (excludes halogenated alkanes) is 1. The Morgan fingerprint density at radius 2 is 2.00 bits per heavy atom. The summed E-state index contributed by atoms with van der Waals surface area (Å²) in [6.07, 6.45) is 1.34. The van der Waals surface area contributed by atoms with Gasteiger partial charge in [-0.15, -0.1) is 0 Å². The maximum Gasteiger partial charge on any atom is 0.408 e. The Balaban J connectivity index is 2.49. The molecule has 1 aromatic rings. The smallest absolute Gasteiger partial charge is 0.408 e. The van der Waals surface area contributed by atoms with Crippen LogP contribution in [0.1, 0.15) is 31.7 Å². The van der Waals surface area contributed by atoms with Gasteiger partial charge in [-0.25, -0.2) is 9.59 Å². The van der Waals surface area contributed by atoms with E-state index in [1.54, 1.807) is 0 Å². The van der Waals surface area contributed by atoms with Crippen LogP contribution in [0, 0.1) is 0 Å². The largest absolute Gasteiger partial charge is 0.445 e. The standard InChI is InChI=1S/C15H21N3O4S/c1-2-3-9-12(13(19)22-18-14(16)23)17-15(20)21-10-11-7-5-4-6-8-11/h4-8,12H,2-3,9-10H2,1H3,(H,17,20)(H3,16,18,23)/t12-/m0/s1. The number of ether oxygens (including phenoxy) is 1. The van der Waals surface area contributed by atoms with Gasteiger partial charge in [0.1, 0.15) is 12.6 Å². The minimum Gasteiger partial charge on any atom is -0.445 e. The summed E-state index contributed by atoms with van der Waals surface area (Å²) in [7, 11) is 0. The molecule has 0 spiro atoms. The van der Waals surface area contributed by atoms with E-state index in [0.717, 1.165) is 18.4 Å². The first kappa shape index (κ1) is 18.7. The molecule has 1 atom stereocenters. The van der Waals surface area contributed by atoms with Crippen LogP contribution in [-0.2, 0) is 21.0 Å². The van der Waals surface area contributed by atoms with Gasteiger partial charge in [-0.05, 0) is 24.2 Å². The highest BCUT2D eigenvalue weighted by Crippen LogP contribution is 2.05. The molecule has 4 N–H and O–H groups in total. The van der Waals surface area contributed by atoms with Crippen molar-refractivity contribution < 1.29 is 19.2 Å². The van der Waals surface area contributed by atoms with Crippen LogP contribution in [0.2, 0.25) is 0 Å². The summed E-state index contributed by atoms with van der Waals surface area (Å²) in [6, 6.07) is 8.40. The van der Waals surface area contributed by atoms with Crippen LogP contribution < -0.4 is 16.5 Å². The summed E-state index contributed by atoms with van der Waals surface area (Å²) in [5, 5.41) is 2.32. The Bertz CT molecular complexity index is 525. The number of carbonyl (C=O) groups is 2. The predicted molar refractivity (Wildman–Crippen MR) is 89.1 cm³/mol. The van der Waals surface area contributed by atoms with Crippen LogP contribution in [0.25, 0.3) is 0 Å². The lowest BCUT2D eigenvalue weighted by Gasteiger charge is -2.17. The van der Waals surface area contributed by atoms with Crippen LogP contribution >= 0.6 is 12.2 Å². The van der Waals surface area contributed by atoms with Crippen LogP contribution in [0.3, 0.4) is 0 Å². The molecule has 23 heavy (non-hydrogen) atoms. The van der Waals surface area contributed by atoms with Gasteiger partial charge >= 0.3 is 12.1 Å². The first-order valence-electron chi connectivity index (χ1n) is 7.26. The number of alkyl carbamates (subject to hydrolysis) is 1. The molecule has 0 radical (unpaired) electrons. The van der Waals surface area contributed by atoms with Crippen molar-refractivity contribution in [3.05, 3.63) is 35.9 Å². The first-order chi connectivity index (χ1) is 11.0. The number of rotatable bonds is 7. The lowest BCUT2D eigenvalue weighted by atomic mass is 10.1. The Kier molecular flexibility index (Phi) is 8.45. The Hall–Kier alpha value is -2.35. The fraction of sp³-hybridized carbons (Fsp3) is 0.400. The fourth-order valence-corrected chi connectivity index (χ4v) is 1.78. The predicted octanol–water partition coefficient (Wildman–Crippen LogP) is 1.76. The quantitative estimate of drug-likeness (QED) is 0.514. The molecule has 0 saturated heterocycles. The molecule has 0 aliphatic carbocycles. The highest BCUT2D eigenvalue weighted by molar-refractivity contribution is 7.80. The van der Waals surface area contributed by atoms with E-state index in [-0.39, 0.29) is 11.7 Å². The third-order valence-electron chi connectivity index (χ3n) is 2.89. The van der Waals surface area contributed by atoms with Gasteiger partial charge in [0.15, 0.2) is 5.11 Å². The third kappa shape index (κ3) is 8.01. The maximum atomic E-state index is 11.9. The van der Waals surface area contributed by atoms with E-state index in [9.17, 15) is 9.59 Å². The monoisotopic (exact) mass is 339 g/mol. The molecule has 0 saturated carbocycles. The zero-order chi connectivity index (χ0) is 17.1. The van der Waals surface area contributed by atoms with Crippen molar-refractivity contribution in [2.24, 2.45) is 5.73 Å². The summed E-state index contributed by atoms with van der Waals surface area (Å²) in [5.41, 5.74) is 8.14. The molecule has 126 valence electrons. The highest BCUT2D eigenvalue weighted by atomic mass is 32.1. The van der Waals surface area contributed by atoms with Crippen molar-refractivity contribution in [1.82, 2.24) is 10.8 Å². The van der Waals surface area contributed by atoms with Crippen LogP contribution in [0.15, 0.2) is 30.3 Å². The van der Waals surface area contributed by atoms with E-state index in [4.69, 9.17) is 15.3 Å². The number of benzene rings is 1. The molecule has 7 nitrogen and oxygen atoms in total. The number of hydrogen-bond acceptors (Lipinski definition) is 5. The summed E-state index contributed by atoms with van der Waals surface area (Å²) < 4.78 is 5.09. The molecule has 0 unspecified atom stereocenters. The van der Waals surface area contributed by atoms with Gasteiger partial charge in [-0.2, -0.15) is 5.48 Å². The van der Waals surface area contributed by atoms with E-state index < -0.39 is 18.1 Å². The van der Waals surface area contributed by atoms with Gasteiger partial charge in [0, 0.05) is 0 Å². The summed E-state index contributed by atoms with van der Waals surface area (Å²) in [5.74, 6) is -0.678. The van der Waals surface area contributed by atoms with Crippen LogP contribution in [0.4, 0.5) is 4.79 Å². The molecule has 1 aromatic carbocycles. The first-order valence-corrected chi connectivity index (χ1v) is 7.67. The second-order valence-electron chi connectivity index (χ2n) is 4.79. The van der Waals surface area contributed by atoms with E-state index in [2.05, 4.69) is 23.0 Å². The van der Waals surface area contributed by atoms with E-state index in [1.165, 1.54) is 0 Å². The van der Waals surface area contributed by atoms with E-state index in [0.29, 0.717) is 6.42 Å². The molecule has 8 heteroatoms. The molecule has 0 heterocycles. The number of nitrogens with one attached hydrogen (secondary N) is 2. The Morgan fingerprint density at radius 3 is 2.61 bits per heavy atom. The highest BCUT2D eigenvalue weighted by Gasteiger charge is 2.23. The molecular weight excluding hydrogens is 318 g/mol. The minimum absolute atomic E-state index is 0.118. The van der Waals surface area contributed by atoms with Crippen molar-refractivity contribution >= 4 is 29.4 Å². The maximum absolute atomic E-state index is 11.9. The topological polar surface area (TPSA) is 103 Å². The van der Waals surface area contributed by atoms with Gasteiger partial charge < -0.3 is 20.6 Å². The zero-order valence-corrected chi connectivity index (χ0v) is 13.7. The summed E-state index contributed by atoms with van der Waals surface area (Å²) in [4.78, 5) is 28.4. The van der Waals surface area contributed by atoms with Crippen LogP contribution in [0.5, 0.6) is 0 Å². The van der Waals surface area contributed by atoms with E-state index >= 15 is 0 Å². The van der Waals surface area contributed by atoms with Crippen LogP contribution in [-0.4, -0.2) is 23.2 Å². The molecule has 0 aromatic heterocycles. The Labute approximate surface area is 140 Å². The number of thiocarbonyl (C=S) groups is 1. The van der Waals surface area contributed by atoms with Gasteiger partial charge in [0.25, 0.3) is 0 Å². The van der Waals surface area contributed by atoms with Crippen molar-refractivity contribution in [2.45, 2.75) is 38.8 Å². The third-order valence-corrected chi connectivity index (χ3v) is 2.97. The normalized spacial score (nSPS) is 11.2. The second-order valence-corrected chi connectivity index (χ2v) is 5.23. The number of nitrogens with two attached hydrogens (primary N) is 1. The van der Waals surface area contributed by atoms with E-state index in [1.807, 2.05) is 37.3 Å². The average Bonchev–Trinajstić information content (AvgIpc) is 2.55. The van der Waals surface area contributed by atoms with Gasteiger partial charge in [0.05, 0.1) is 0 Å². The number of hydroxylamine groups is 1. The molecule has 0 aliphatic heterocycles. The number of amides is 1. The SMILES string of the molecule is CCCC[C@H](NC(=O)OCc1ccccc1)C(=O)ONC(N)=S. The minimum atomic E-state index is -0.833. The lowest BCUT2D eigenvalue weighted by Crippen LogP contribution is -2.45. The lowest BCUT2D eigenvalue weighted by molar-refractivity contribution is -0.150. The second kappa shape index (κ2) is 10.4. The summed E-state index contributed by atoms with van der Waals surface area (Å²) in [6.45, 7) is 2.09. The van der Waals surface area contributed by atoms with Crippen molar-refractivity contribution in [3.8, 4) is 0 Å². The van der Waals surface area contributed by atoms with Crippen molar-refractivity contribution in [2.75, 3.05) is 0 Å². The van der Waals surface area contributed by atoms with Gasteiger partial charge in [-0.3, -0.25) is 0 Å². The molecule has 0 bridgehead atoms. The molecule has 0 fully saturated rings. The molecular formula is C15H21N3O4S. The fourth-order valence-electron chi connectivity index (χ4n) is 1.74. The molecule has 0 aliphatic rings.